The van der Waals surface area contributed by atoms with E-state index >= 15 is 0 Å². The summed E-state index contributed by atoms with van der Waals surface area (Å²) in [6, 6.07) is 6.21. The number of alkyl carbamates (subject to hydrolysis) is 1. The standard InChI is InChI=1S/C31H47N5O5/c1-21(2)27-33-29(41-34-27)35-16-13-23(14-17-35)9-8-18-39-25-11-12-26(22(3)19-25)28(37)36-15-7-10-24(20-36)32-30(38)40-31(4,5)6/h11-12,19,21,23-24H,7-10,13-18,20H2,1-6H3,(H,32,38). The number of hydrogen-bond donors (Lipinski definition) is 1. The van der Waals surface area contributed by atoms with E-state index in [0.717, 1.165) is 68.8 Å². The molecule has 0 saturated carbocycles. The zero-order valence-electron chi connectivity index (χ0n) is 25.6. The minimum atomic E-state index is -0.554. The lowest BCUT2D eigenvalue weighted by atomic mass is 9.92. The normalized spacial score (nSPS) is 18.5. The number of rotatable bonds is 9. The third-order valence-corrected chi connectivity index (χ3v) is 7.72. The van der Waals surface area contributed by atoms with Crippen LogP contribution in [-0.2, 0) is 4.74 Å². The van der Waals surface area contributed by atoms with Crippen molar-refractivity contribution >= 4 is 18.0 Å². The van der Waals surface area contributed by atoms with Crippen molar-refractivity contribution in [3.63, 3.8) is 0 Å². The van der Waals surface area contributed by atoms with Gasteiger partial charge >= 0.3 is 12.1 Å². The van der Waals surface area contributed by atoms with Gasteiger partial charge in [-0.05, 0) is 95.9 Å². The Bertz CT molecular complexity index is 1170. The van der Waals surface area contributed by atoms with Gasteiger partial charge in [-0.15, -0.1) is 0 Å². The van der Waals surface area contributed by atoms with Gasteiger partial charge in [0, 0.05) is 43.7 Å². The summed E-state index contributed by atoms with van der Waals surface area (Å²) in [6.45, 7) is 15.3. The largest absolute Gasteiger partial charge is 0.494 e. The molecule has 0 spiro atoms. The van der Waals surface area contributed by atoms with Crippen molar-refractivity contribution in [2.24, 2.45) is 5.92 Å². The Morgan fingerprint density at radius 2 is 1.90 bits per heavy atom. The Morgan fingerprint density at radius 1 is 1.15 bits per heavy atom. The van der Waals surface area contributed by atoms with Crippen LogP contribution < -0.4 is 15.0 Å². The summed E-state index contributed by atoms with van der Waals surface area (Å²) in [7, 11) is 0. The number of nitrogens with one attached hydrogen (secondary N) is 1. The lowest BCUT2D eigenvalue weighted by molar-refractivity contribution is 0.0452. The number of aryl methyl sites for hydroxylation is 1. The number of nitrogens with zero attached hydrogens (tertiary/aromatic N) is 4. The number of ether oxygens (including phenoxy) is 2. The molecule has 226 valence electrons. The van der Waals surface area contributed by atoms with Crippen LogP contribution in [0.4, 0.5) is 10.8 Å². The number of piperidine rings is 2. The molecular weight excluding hydrogens is 522 g/mol. The summed E-state index contributed by atoms with van der Waals surface area (Å²) >= 11 is 0. The smallest absolute Gasteiger partial charge is 0.407 e. The first-order valence-corrected chi connectivity index (χ1v) is 15.1. The summed E-state index contributed by atoms with van der Waals surface area (Å²) < 4.78 is 16.9. The van der Waals surface area contributed by atoms with Gasteiger partial charge in [-0.25, -0.2) is 4.79 Å². The van der Waals surface area contributed by atoms with E-state index in [1.165, 1.54) is 0 Å². The Labute approximate surface area is 244 Å². The topological polar surface area (TPSA) is 110 Å². The first-order valence-electron chi connectivity index (χ1n) is 15.1. The number of carbonyl (C=O) groups is 2. The zero-order valence-corrected chi connectivity index (χ0v) is 25.6. The van der Waals surface area contributed by atoms with E-state index < -0.39 is 11.7 Å². The molecule has 4 rings (SSSR count). The molecule has 10 heteroatoms. The van der Waals surface area contributed by atoms with Gasteiger partial charge in [-0.1, -0.05) is 19.0 Å². The molecule has 2 fully saturated rings. The van der Waals surface area contributed by atoms with Gasteiger partial charge in [-0.3, -0.25) is 4.79 Å². The third-order valence-electron chi connectivity index (χ3n) is 7.72. The van der Waals surface area contributed by atoms with Crippen LogP contribution in [0.3, 0.4) is 0 Å². The van der Waals surface area contributed by atoms with Gasteiger partial charge in [0.15, 0.2) is 5.82 Å². The second kappa shape index (κ2) is 13.6. The van der Waals surface area contributed by atoms with Crippen LogP contribution in [0.1, 0.15) is 101 Å². The summed E-state index contributed by atoms with van der Waals surface area (Å²) in [5, 5.41) is 7.00. The minimum Gasteiger partial charge on any atom is -0.494 e. The van der Waals surface area contributed by atoms with Gasteiger partial charge in [0.25, 0.3) is 5.91 Å². The maximum atomic E-state index is 13.3. The van der Waals surface area contributed by atoms with E-state index in [0.29, 0.717) is 37.2 Å². The van der Waals surface area contributed by atoms with E-state index in [1.54, 1.807) is 0 Å². The number of aromatic nitrogens is 2. The van der Waals surface area contributed by atoms with Crippen LogP contribution in [0.25, 0.3) is 0 Å². The second-order valence-electron chi connectivity index (χ2n) is 12.7. The van der Waals surface area contributed by atoms with Crippen molar-refractivity contribution in [3.05, 3.63) is 35.2 Å². The number of anilines is 1. The van der Waals surface area contributed by atoms with Crippen molar-refractivity contribution in [2.75, 3.05) is 37.7 Å². The van der Waals surface area contributed by atoms with Crippen LogP contribution in [0.5, 0.6) is 5.75 Å². The molecule has 2 aliphatic rings. The maximum absolute atomic E-state index is 13.3. The molecule has 1 unspecified atom stereocenters. The lowest BCUT2D eigenvalue weighted by Crippen LogP contribution is -2.50. The van der Waals surface area contributed by atoms with E-state index in [2.05, 4.69) is 34.2 Å². The number of amides is 2. The van der Waals surface area contributed by atoms with Gasteiger partial charge in [-0.2, -0.15) is 4.98 Å². The molecule has 10 nitrogen and oxygen atoms in total. The number of carbonyl (C=O) groups excluding carboxylic acids is 2. The fourth-order valence-electron chi connectivity index (χ4n) is 5.45. The third kappa shape index (κ3) is 8.84. The number of hydrogen-bond acceptors (Lipinski definition) is 8. The molecule has 2 aliphatic heterocycles. The number of benzene rings is 1. The first kappa shape index (κ1) is 30.7. The first-order chi connectivity index (χ1) is 19.5. The highest BCUT2D eigenvalue weighted by Gasteiger charge is 2.28. The average Bonchev–Trinajstić information content (AvgIpc) is 3.41. The Morgan fingerprint density at radius 3 is 2.56 bits per heavy atom. The predicted octanol–water partition coefficient (Wildman–Crippen LogP) is 5.71. The highest BCUT2D eigenvalue weighted by molar-refractivity contribution is 5.96. The molecule has 1 N–H and O–H groups in total. The average molecular weight is 570 g/mol. The zero-order chi connectivity index (χ0) is 29.6. The fourth-order valence-corrected chi connectivity index (χ4v) is 5.45. The van der Waals surface area contributed by atoms with Crippen LogP contribution in [-0.4, -0.2) is 71.5 Å². The molecule has 0 aliphatic carbocycles. The maximum Gasteiger partial charge on any atom is 0.407 e. The Kier molecular flexibility index (Phi) is 10.1. The summed E-state index contributed by atoms with van der Waals surface area (Å²) in [4.78, 5) is 34.0. The van der Waals surface area contributed by atoms with Gasteiger partial charge in [0.05, 0.1) is 6.61 Å². The predicted molar refractivity (Wildman–Crippen MR) is 158 cm³/mol. The van der Waals surface area contributed by atoms with Gasteiger partial charge in [0.2, 0.25) is 0 Å². The molecular formula is C31H47N5O5. The quantitative estimate of drug-likeness (QED) is 0.383. The molecule has 3 heterocycles. The SMILES string of the molecule is Cc1cc(OCCCC2CCN(c3nc(C(C)C)no3)CC2)ccc1C(=O)N1CCCC(NC(=O)OC(C)(C)C)C1. The van der Waals surface area contributed by atoms with E-state index in [4.69, 9.17) is 14.0 Å². The van der Waals surface area contributed by atoms with Crippen LogP contribution >= 0.6 is 0 Å². The van der Waals surface area contributed by atoms with Crippen LogP contribution in [0.2, 0.25) is 0 Å². The van der Waals surface area contributed by atoms with E-state index in [1.807, 2.05) is 50.8 Å². The molecule has 2 amide bonds. The molecule has 2 saturated heterocycles. The van der Waals surface area contributed by atoms with Crippen molar-refractivity contribution in [1.29, 1.82) is 0 Å². The van der Waals surface area contributed by atoms with Gasteiger partial charge in [0.1, 0.15) is 11.4 Å². The van der Waals surface area contributed by atoms with Gasteiger partial charge < -0.3 is 29.1 Å². The van der Waals surface area contributed by atoms with Crippen molar-refractivity contribution in [2.45, 2.75) is 97.6 Å². The fraction of sp³-hybridized carbons (Fsp3) is 0.677. The molecule has 1 aromatic carbocycles. The molecule has 2 aromatic rings. The number of likely N-dealkylation sites (tertiary alicyclic amines) is 1. The van der Waals surface area contributed by atoms with Crippen molar-refractivity contribution in [3.8, 4) is 5.75 Å². The van der Waals surface area contributed by atoms with E-state index in [9.17, 15) is 9.59 Å². The lowest BCUT2D eigenvalue weighted by Gasteiger charge is -2.34. The molecule has 0 bridgehead atoms. The molecule has 1 atom stereocenters. The summed E-state index contributed by atoms with van der Waals surface area (Å²) in [5.74, 6) is 2.47. The van der Waals surface area contributed by atoms with Crippen molar-refractivity contribution < 1.29 is 23.6 Å². The highest BCUT2D eigenvalue weighted by Crippen LogP contribution is 2.27. The molecule has 0 radical (unpaired) electrons. The Hall–Kier alpha value is -3.30. The van der Waals surface area contributed by atoms with Crippen LogP contribution in [0, 0.1) is 12.8 Å². The monoisotopic (exact) mass is 569 g/mol. The molecule has 1 aromatic heterocycles. The summed E-state index contributed by atoms with van der Waals surface area (Å²) in [5.41, 5.74) is 1.01. The second-order valence-corrected chi connectivity index (χ2v) is 12.7. The highest BCUT2D eigenvalue weighted by atomic mass is 16.6. The van der Waals surface area contributed by atoms with Crippen molar-refractivity contribution in [1.82, 2.24) is 20.4 Å². The molecule has 41 heavy (non-hydrogen) atoms. The van der Waals surface area contributed by atoms with Crippen LogP contribution in [0.15, 0.2) is 22.7 Å². The van der Waals surface area contributed by atoms with E-state index in [-0.39, 0.29) is 17.9 Å². The minimum absolute atomic E-state index is 0.0166. The summed E-state index contributed by atoms with van der Waals surface area (Å²) in [6.07, 6.45) is 5.55. The Balaban J connectivity index is 1.18.